The van der Waals surface area contributed by atoms with Gasteiger partial charge < -0.3 is 0 Å². The molecule has 1 aliphatic heterocycles. The predicted molar refractivity (Wildman–Crippen MR) is 136 cm³/mol. The van der Waals surface area contributed by atoms with Crippen LogP contribution in [0.3, 0.4) is 0 Å². The van der Waals surface area contributed by atoms with Gasteiger partial charge >= 0.3 is 0 Å². The van der Waals surface area contributed by atoms with Gasteiger partial charge in [0.05, 0.1) is 11.8 Å². The van der Waals surface area contributed by atoms with Crippen LogP contribution in [0.25, 0.3) is 6.08 Å². The van der Waals surface area contributed by atoms with Gasteiger partial charge in [-0.05, 0) is 84.5 Å². The van der Waals surface area contributed by atoms with E-state index in [9.17, 15) is 4.79 Å². The van der Waals surface area contributed by atoms with E-state index in [2.05, 4.69) is 6.08 Å². The van der Waals surface area contributed by atoms with Crippen LogP contribution in [0.1, 0.15) is 46.8 Å². The summed E-state index contributed by atoms with van der Waals surface area (Å²) in [6.45, 7) is 0. The van der Waals surface area contributed by atoms with Crippen molar-refractivity contribution < 1.29 is 4.79 Å². The topological polar surface area (TPSA) is 32.7 Å². The van der Waals surface area contributed by atoms with Crippen LogP contribution in [0.2, 0.25) is 15.1 Å². The number of halogens is 3. The number of rotatable bonds is 3. The molecule has 3 aromatic carbocycles. The molecule has 1 fully saturated rings. The van der Waals surface area contributed by atoms with E-state index in [0.717, 1.165) is 41.7 Å². The summed E-state index contributed by atoms with van der Waals surface area (Å²) in [6.07, 6.45) is 5.08. The molecule has 33 heavy (non-hydrogen) atoms. The lowest BCUT2D eigenvalue weighted by molar-refractivity contribution is 0.0681. The zero-order valence-electron chi connectivity index (χ0n) is 17.7. The maximum atomic E-state index is 13.6. The second kappa shape index (κ2) is 9.34. The lowest BCUT2D eigenvalue weighted by atomic mass is 9.77. The summed E-state index contributed by atoms with van der Waals surface area (Å²) in [5.74, 6) is -0.0493. The van der Waals surface area contributed by atoms with Crippen molar-refractivity contribution >= 4 is 52.5 Å². The van der Waals surface area contributed by atoms with Crippen LogP contribution in [-0.2, 0) is 0 Å². The van der Waals surface area contributed by atoms with Gasteiger partial charge in [-0.2, -0.15) is 5.10 Å². The van der Waals surface area contributed by atoms with Gasteiger partial charge in [-0.3, -0.25) is 4.79 Å². The van der Waals surface area contributed by atoms with Crippen LogP contribution in [0, 0.1) is 5.92 Å². The molecule has 0 unspecified atom stereocenters. The van der Waals surface area contributed by atoms with Gasteiger partial charge in [-0.15, -0.1) is 0 Å². The molecule has 2 aliphatic rings. The van der Waals surface area contributed by atoms with Gasteiger partial charge in [-0.25, -0.2) is 5.01 Å². The molecule has 1 aliphatic carbocycles. The first-order valence-corrected chi connectivity index (χ1v) is 12.0. The Morgan fingerprint density at radius 1 is 0.909 bits per heavy atom. The number of fused-ring (bicyclic) bond motifs is 1. The average Bonchev–Trinajstić information content (AvgIpc) is 3.21. The summed E-state index contributed by atoms with van der Waals surface area (Å²) in [7, 11) is 0. The highest BCUT2D eigenvalue weighted by Crippen LogP contribution is 2.45. The number of benzene rings is 3. The lowest BCUT2D eigenvalue weighted by Crippen LogP contribution is -2.31. The zero-order valence-corrected chi connectivity index (χ0v) is 20.0. The van der Waals surface area contributed by atoms with E-state index in [1.807, 2.05) is 48.5 Å². The molecule has 0 N–H and O–H groups in total. The Kier molecular flexibility index (Phi) is 6.29. The van der Waals surface area contributed by atoms with Crippen LogP contribution in [-0.4, -0.2) is 16.6 Å². The first-order valence-electron chi connectivity index (χ1n) is 10.9. The van der Waals surface area contributed by atoms with E-state index in [4.69, 9.17) is 39.9 Å². The molecular weight excluding hydrogens is 475 g/mol. The number of hydrogen-bond acceptors (Lipinski definition) is 2. The van der Waals surface area contributed by atoms with Gasteiger partial charge in [0.1, 0.15) is 0 Å². The van der Waals surface area contributed by atoms with Crippen LogP contribution in [0.5, 0.6) is 0 Å². The number of nitrogens with zero attached hydrogens (tertiary/aromatic N) is 2. The van der Waals surface area contributed by atoms with Crippen molar-refractivity contribution in [3.05, 3.63) is 110 Å². The normalized spacial score (nSPS) is 21.1. The SMILES string of the molecule is O=C(c1cccc(Cl)c1)N1N=C2/C(=C\c3ccc(Cl)cc3)CCC[C@@H]2[C@H]1c1ccc(Cl)cc1. The third-order valence-corrected chi connectivity index (χ3v) is 6.94. The van der Waals surface area contributed by atoms with Crippen LogP contribution >= 0.6 is 34.8 Å². The Hall–Kier alpha value is -2.59. The van der Waals surface area contributed by atoms with Gasteiger partial charge in [0, 0.05) is 26.5 Å². The van der Waals surface area contributed by atoms with Crippen molar-refractivity contribution in [2.75, 3.05) is 0 Å². The molecule has 166 valence electrons. The Balaban J connectivity index is 1.58. The molecule has 0 aromatic heterocycles. The van der Waals surface area contributed by atoms with Crippen molar-refractivity contribution in [2.45, 2.75) is 25.3 Å². The molecule has 3 aromatic rings. The Labute approximate surface area is 208 Å². The minimum absolute atomic E-state index is 0.113. The fourth-order valence-electron chi connectivity index (χ4n) is 4.68. The van der Waals surface area contributed by atoms with Crippen molar-refractivity contribution in [3.8, 4) is 0 Å². The molecule has 6 heteroatoms. The maximum Gasteiger partial charge on any atom is 0.274 e. The highest BCUT2D eigenvalue weighted by atomic mass is 35.5. The number of carbonyl (C=O) groups is 1. The lowest BCUT2D eigenvalue weighted by Gasteiger charge is -2.29. The maximum absolute atomic E-state index is 13.6. The Morgan fingerprint density at radius 2 is 1.61 bits per heavy atom. The standard InChI is InChI=1S/C27H21Cl3N2O/c28-21-11-7-17(8-12-21)15-19-3-2-6-24-25(19)31-32(26(24)18-9-13-22(29)14-10-18)27(33)20-4-1-5-23(30)16-20/h1,4-5,7-16,24,26H,2-3,6H2/b19-15-/t24-,26+/m0/s1. The first-order chi connectivity index (χ1) is 16.0. The van der Waals surface area contributed by atoms with Gasteiger partial charge in [0.2, 0.25) is 0 Å². The number of hydrogen-bond donors (Lipinski definition) is 0. The third-order valence-electron chi connectivity index (χ3n) is 6.20. The van der Waals surface area contributed by atoms with E-state index in [-0.39, 0.29) is 17.9 Å². The molecule has 1 amide bonds. The summed E-state index contributed by atoms with van der Waals surface area (Å²) >= 11 is 18.4. The summed E-state index contributed by atoms with van der Waals surface area (Å²) in [4.78, 5) is 13.6. The summed E-state index contributed by atoms with van der Waals surface area (Å²) in [6, 6.07) is 22.3. The highest BCUT2D eigenvalue weighted by Gasteiger charge is 2.43. The Bertz CT molecular complexity index is 1250. The monoisotopic (exact) mass is 494 g/mol. The number of amides is 1. The molecular formula is C27H21Cl3N2O. The van der Waals surface area contributed by atoms with E-state index >= 15 is 0 Å². The molecule has 0 saturated heterocycles. The van der Waals surface area contributed by atoms with Gasteiger partial charge in [0.25, 0.3) is 5.91 Å². The number of carbonyl (C=O) groups excluding carboxylic acids is 1. The van der Waals surface area contributed by atoms with E-state index in [1.54, 1.807) is 29.3 Å². The number of allylic oxidation sites excluding steroid dienone is 1. The minimum Gasteiger partial charge on any atom is -0.267 e. The van der Waals surface area contributed by atoms with Crippen molar-refractivity contribution in [3.63, 3.8) is 0 Å². The zero-order chi connectivity index (χ0) is 22.9. The molecule has 0 radical (unpaired) electrons. The van der Waals surface area contributed by atoms with Crippen molar-refractivity contribution in [2.24, 2.45) is 11.0 Å². The molecule has 0 spiro atoms. The van der Waals surface area contributed by atoms with Crippen LogP contribution < -0.4 is 0 Å². The molecule has 2 atom stereocenters. The average molecular weight is 496 g/mol. The summed E-state index contributed by atoms with van der Waals surface area (Å²) < 4.78 is 0. The Morgan fingerprint density at radius 3 is 2.30 bits per heavy atom. The van der Waals surface area contributed by atoms with E-state index in [1.165, 1.54) is 0 Å². The van der Waals surface area contributed by atoms with E-state index in [0.29, 0.717) is 20.6 Å². The molecule has 1 saturated carbocycles. The molecule has 5 rings (SSSR count). The van der Waals surface area contributed by atoms with Gasteiger partial charge in [-0.1, -0.05) is 65.1 Å². The third kappa shape index (κ3) is 4.59. The molecule has 0 bridgehead atoms. The fourth-order valence-corrected chi connectivity index (χ4v) is 5.12. The summed E-state index contributed by atoms with van der Waals surface area (Å²) in [5, 5.41) is 8.45. The van der Waals surface area contributed by atoms with Crippen LogP contribution in [0.4, 0.5) is 0 Å². The van der Waals surface area contributed by atoms with Gasteiger partial charge in [0.15, 0.2) is 0 Å². The highest BCUT2D eigenvalue weighted by molar-refractivity contribution is 6.31. The smallest absolute Gasteiger partial charge is 0.267 e. The van der Waals surface area contributed by atoms with Crippen LogP contribution in [0.15, 0.2) is 83.5 Å². The number of hydrazone groups is 1. The minimum atomic E-state index is -0.197. The van der Waals surface area contributed by atoms with E-state index < -0.39 is 0 Å². The quantitative estimate of drug-likeness (QED) is 0.361. The largest absolute Gasteiger partial charge is 0.274 e. The first kappa shape index (κ1) is 22.2. The molecule has 3 nitrogen and oxygen atoms in total. The second-order valence-electron chi connectivity index (χ2n) is 8.36. The molecule has 1 heterocycles. The van der Waals surface area contributed by atoms with Crippen molar-refractivity contribution in [1.82, 2.24) is 5.01 Å². The second-order valence-corrected chi connectivity index (χ2v) is 9.67. The summed E-state index contributed by atoms with van der Waals surface area (Å²) in [5.41, 5.74) is 4.75. The van der Waals surface area contributed by atoms with Crippen molar-refractivity contribution in [1.29, 1.82) is 0 Å². The predicted octanol–water partition coefficient (Wildman–Crippen LogP) is 8.08. The fraction of sp³-hybridized carbons (Fsp3) is 0.185.